The lowest BCUT2D eigenvalue weighted by Crippen LogP contribution is -2.46. The van der Waals surface area contributed by atoms with Crippen molar-refractivity contribution < 1.29 is 19.2 Å². The van der Waals surface area contributed by atoms with Crippen molar-refractivity contribution in [3.05, 3.63) is 36.1 Å². The number of likely N-dealkylation sites (tertiary alicyclic amines) is 1. The Labute approximate surface area is 166 Å². The summed E-state index contributed by atoms with van der Waals surface area (Å²) in [5.41, 5.74) is 1.70. The summed E-state index contributed by atoms with van der Waals surface area (Å²) in [6, 6.07) is 9.69. The Hall–Kier alpha value is -2.34. The summed E-state index contributed by atoms with van der Waals surface area (Å²) >= 11 is 0. The predicted molar refractivity (Wildman–Crippen MR) is 107 cm³/mol. The van der Waals surface area contributed by atoms with Crippen LogP contribution in [0.5, 0.6) is 5.75 Å². The lowest BCUT2D eigenvalue weighted by molar-refractivity contribution is -0.145. The van der Waals surface area contributed by atoms with Crippen LogP contribution < -0.4 is 4.74 Å². The number of aliphatic carboxylic acids is 1. The van der Waals surface area contributed by atoms with Crippen LogP contribution >= 0.6 is 0 Å². The molecule has 1 aromatic carbocycles. The molecule has 1 aromatic heterocycles. The van der Waals surface area contributed by atoms with Crippen LogP contribution in [-0.2, 0) is 11.3 Å². The molecule has 0 amide bonds. The topological polar surface area (TPSA) is 75.8 Å². The summed E-state index contributed by atoms with van der Waals surface area (Å²) in [4.78, 5) is 13.8. The SMILES string of the molecule is CCOc1ccccc1-c1cc(CN2C[C@H](C(=O)O)C[C@@H](C(C)(C)C)C2)on1. The average Bonchev–Trinajstić information content (AvgIpc) is 3.09. The van der Waals surface area contributed by atoms with Gasteiger partial charge < -0.3 is 14.4 Å². The smallest absolute Gasteiger partial charge is 0.307 e. The summed E-state index contributed by atoms with van der Waals surface area (Å²) in [6.07, 6.45) is 0.721. The van der Waals surface area contributed by atoms with Crippen molar-refractivity contribution in [2.45, 2.75) is 40.7 Å². The monoisotopic (exact) mass is 386 g/mol. The molecule has 28 heavy (non-hydrogen) atoms. The molecule has 1 aliphatic rings. The molecule has 1 fully saturated rings. The van der Waals surface area contributed by atoms with Crippen LogP contribution in [0.4, 0.5) is 0 Å². The van der Waals surface area contributed by atoms with Crippen LogP contribution in [0.2, 0.25) is 0 Å². The van der Waals surface area contributed by atoms with E-state index < -0.39 is 5.97 Å². The maximum absolute atomic E-state index is 11.6. The van der Waals surface area contributed by atoms with E-state index in [1.807, 2.05) is 37.3 Å². The molecule has 0 bridgehead atoms. The van der Waals surface area contributed by atoms with Crippen molar-refractivity contribution in [1.29, 1.82) is 0 Å². The first-order chi connectivity index (χ1) is 13.3. The number of carbonyl (C=O) groups is 1. The summed E-state index contributed by atoms with van der Waals surface area (Å²) in [5, 5.41) is 13.8. The van der Waals surface area contributed by atoms with E-state index in [0.717, 1.165) is 35.7 Å². The standard InChI is InChI=1S/C22H30N2O4/c1-5-27-20-9-7-6-8-18(20)19-11-17(28-23-19)14-24-12-15(21(25)26)10-16(13-24)22(2,3)4/h6-9,11,15-16H,5,10,12-14H2,1-4H3,(H,25,26)/t15-,16-/m1/s1. The van der Waals surface area contributed by atoms with E-state index in [1.54, 1.807) is 0 Å². The van der Waals surface area contributed by atoms with Gasteiger partial charge in [-0.05, 0) is 36.8 Å². The maximum atomic E-state index is 11.6. The minimum absolute atomic E-state index is 0.0649. The van der Waals surface area contributed by atoms with Gasteiger partial charge in [0.1, 0.15) is 11.4 Å². The zero-order valence-electron chi connectivity index (χ0n) is 17.1. The number of nitrogens with zero attached hydrogens (tertiary/aromatic N) is 2. The van der Waals surface area contributed by atoms with Crippen LogP contribution in [0.1, 0.15) is 39.9 Å². The van der Waals surface area contributed by atoms with Crippen molar-refractivity contribution in [2.24, 2.45) is 17.3 Å². The van der Waals surface area contributed by atoms with Gasteiger partial charge in [0.25, 0.3) is 0 Å². The van der Waals surface area contributed by atoms with Crippen molar-refractivity contribution in [1.82, 2.24) is 10.1 Å². The fourth-order valence-corrected chi connectivity index (χ4v) is 3.82. The lowest BCUT2D eigenvalue weighted by Gasteiger charge is -2.41. The second kappa shape index (κ2) is 8.35. The number of piperidine rings is 1. The molecule has 2 atom stereocenters. The highest BCUT2D eigenvalue weighted by Gasteiger charge is 2.37. The number of rotatable bonds is 6. The summed E-state index contributed by atoms with van der Waals surface area (Å²) < 4.78 is 11.3. The largest absolute Gasteiger partial charge is 0.493 e. The van der Waals surface area contributed by atoms with Crippen molar-refractivity contribution in [3.63, 3.8) is 0 Å². The highest BCUT2D eigenvalue weighted by molar-refractivity contribution is 5.70. The molecule has 2 aromatic rings. The first-order valence-corrected chi connectivity index (χ1v) is 9.91. The van der Waals surface area contributed by atoms with Gasteiger partial charge in [-0.15, -0.1) is 0 Å². The highest BCUT2D eigenvalue weighted by atomic mass is 16.5. The second-order valence-corrected chi connectivity index (χ2v) is 8.64. The normalized spacial score (nSPS) is 20.9. The molecular formula is C22H30N2O4. The third-order valence-corrected chi connectivity index (χ3v) is 5.50. The molecule has 1 aliphatic heterocycles. The van der Waals surface area contributed by atoms with E-state index in [4.69, 9.17) is 9.26 Å². The number of carboxylic acid groups (broad SMARTS) is 1. The number of hydrogen-bond acceptors (Lipinski definition) is 5. The minimum atomic E-state index is -0.720. The predicted octanol–water partition coefficient (Wildman–Crippen LogP) is 4.31. The quantitative estimate of drug-likeness (QED) is 0.797. The molecule has 0 aliphatic carbocycles. The molecule has 1 saturated heterocycles. The van der Waals surface area contributed by atoms with Crippen molar-refractivity contribution >= 4 is 5.97 Å². The Bertz CT molecular complexity index is 809. The Morgan fingerprint density at radius 2 is 2.07 bits per heavy atom. The van der Waals surface area contributed by atoms with Gasteiger partial charge in [0.05, 0.1) is 19.1 Å². The van der Waals surface area contributed by atoms with Crippen LogP contribution in [0.15, 0.2) is 34.9 Å². The maximum Gasteiger partial charge on any atom is 0.307 e. The molecule has 0 radical (unpaired) electrons. The zero-order valence-corrected chi connectivity index (χ0v) is 17.1. The van der Waals surface area contributed by atoms with E-state index in [1.165, 1.54) is 0 Å². The molecule has 152 valence electrons. The number of carboxylic acids is 1. The summed E-state index contributed by atoms with van der Waals surface area (Å²) in [5.74, 6) is 0.770. The minimum Gasteiger partial charge on any atom is -0.493 e. The third kappa shape index (κ3) is 4.73. The Balaban J connectivity index is 1.76. The van der Waals surface area contributed by atoms with Gasteiger partial charge in [0, 0.05) is 24.7 Å². The molecule has 3 rings (SSSR count). The molecule has 6 nitrogen and oxygen atoms in total. The van der Waals surface area contributed by atoms with Crippen LogP contribution in [-0.4, -0.2) is 40.8 Å². The summed E-state index contributed by atoms with van der Waals surface area (Å²) in [6.45, 7) is 11.0. The number of aromatic nitrogens is 1. The van der Waals surface area contributed by atoms with Crippen LogP contribution in [0.25, 0.3) is 11.3 Å². The molecule has 0 unspecified atom stereocenters. The van der Waals surface area contributed by atoms with Gasteiger partial charge in [0.2, 0.25) is 0 Å². The molecule has 6 heteroatoms. The number of hydrogen-bond donors (Lipinski definition) is 1. The van der Waals surface area contributed by atoms with E-state index >= 15 is 0 Å². The van der Waals surface area contributed by atoms with Gasteiger partial charge in [0.15, 0.2) is 5.76 Å². The molecular weight excluding hydrogens is 356 g/mol. The van der Waals surface area contributed by atoms with Gasteiger partial charge >= 0.3 is 5.97 Å². The van der Waals surface area contributed by atoms with Crippen molar-refractivity contribution in [3.8, 4) is 17.0 Å². The molecule has 0 saturated carbocycles. The number of para-hydroxylation sites is 1. The first kappa shape index (κ1) is 20.4. The van der Waals surface area contributed by atoms with Crippen LogP contribution in [0, 0.1) is 17.3 Å². The lowest BCUT2D eigenvalue weighted by atomic mass is 9.73. The Morgan fingerprint density at radius 3 is 2.75 bits per heavy atom. The number of benzene rings is 1. The number of ether oxygens (including phenoxy) is 1. The summed E-state index contributed by atoms with van der Waals surface area (Å²) in [7, 11) is 0. The van der Waals surface area contributed by atoms with Gasteiger partial charge in [-0.2, -0.15) is 0 Å². The molecule has 0 spiro atoms. The Kier molecular flexibility index (Phi) is 6.08. The van der Waals surface area contributed by atoms with Gasteiger partial charge in [-0.25, -0.2) is 0 Å². The van der Waals surface area contributed by atoms with E-state index in [2.05, 4.69) is 30.8 Å². The van der Waals surface area contributed by atoms with E-state index in [0.29, 0.717) is 25.6 Å². The fraction of sp³-hybridized carbons (Fsp3) is 0.545. The van der Waals surface area contributed by atoms with E-state index in [-0.39, 0.29) is 11.3 Å². The Morgan fingerprint density at radius 1 is 1.32 bits per heavy atom. The van der Waals surface area contributed by atoms with E-state index in [9.17, 15) is 9.90 Å². The fourth-order valence-electron chi connectivity index (χ4n) is 3.82. The second-order valence-electron chi connectivity index (χ2n) is 8.64. The van der Waals surface area contributed by atoms with Gasteiger partial charge in [-0.1, -0.05) is 38.1 Å². The average molecular weight is 386 g/mol. The highest BCUT2D eigenvalue weighted by Crippen LogP contribution is 2.36. The van der Waals surface area contributed by atoms with Gasteiger partial charge in [-0.3, -0.25) is 9.69 Å². The molecule has 1 N–H and O–H groups in total. The molecule has 2 heterocycles. The zero-order chi connectivity index (χ0) is 20.3. The van der Waals surface area contributed by atoms with Crippen LogP contribution in [0.3, 0.4) is 0 Å². The first-order valence-electron chi connectivity index (χ1n) is 9.91. The van der Waals surface area contributed by atoms with Crippen molar-refractivity contribution in [2.75, 3.05) is 19.7 Å². The third-order valence-electron chi connectivity index (χ3n) is 5.50.